The quantitative estimate of drug-likeness (QED) is 0.240. The molecule has 8 aliphatic rings. The summed E-state index contributed by atoms with van der Waals surface area (Å²) in [4.78, 5) is 26.7. The molecule has 1 N–H and O–H groups in total. The standard InChI is InChI=1S/C27H44O2.C27H44O/c1-17(2)7-6-8-18(3)21-9-10-22-25-23(12-14-27(21,22)5)26(4)13-11-20(28)15-19(26)16-24(25)29;1-18(2)9-8-10-19(3)21-12-13-22-25-23(14-16-27(21,22)5)26(4)15-7-6-11-20(26)17-24(25)28/h16-18,20-23,25,28H,6-15H2,1-5H3;17-19,21-23,25H,6-16H2,1-5H3/t18-,20+,21-,22+,23+,25+,26+,27-;19-,21-,22+,23+,25+,26+,27-/m11/s1. The van der Waals surface area contributed by atoms with E-state index in [-0.39, 0.29) is 17.4 Å². The molecule has 0 heterocycles. The minimum Gasteiger partial charge on any atom is -0.393 e. The number of allylic oxidation sites excluding steroid dienone is 3. The van der Waals surface area contributed by atoms with Gasteiger partial charge in [0.2, 0.25) is 0 Å². The van der Waals surface area contributed by atoms with E-state index in [0.717, 1.165) is 54.8 Å². The van der Waals surface area contributed by atoms with Gasteiger partial charge in [0.25, 0.3) is 0 Å². The first-order valence-corrected chi connectivity index (χ1v) is 25.1. The van der Waals surface area contributed by atoms with Gasteiger partial charge in [-0.25, -0.2) is 0 Å². The number of rotatable bonds is 10. The van der Waals surface area contributed by atoms with E-state index in [0.29, 0.717) is 57.4 Å². The Morgan fingerprint density at radius 3 is 1.53 bits per heavy atom. The summed E-state index contributed by atoms with van der Waals surface area (Å²) in [5.74, 6) is 8.72. The fraction of sp³-hybridized carbons (Fsp3) is 0.889. The van der Waals surface area contributed by atoms with Crippen LogP contribution in [0.3, 0.4) is 0 Å². The molecule has 0 radical (unpaired) electrons. The van der Waals surface area contributed by atoms with Crippen LogP contribution < -0.4 is 0 Å². The smallest absolute Gasteiger partial charge is 0.159 e. The van der Waals surface area contributed by atoms with E-state index in [1.54, 1.807) is 0 Å². The molecule has 0 bridgehead atoms. The minimum absolute atomic E-state index is 0.153. The molecule has 0 unspecified atom stereocenters. The van der Waals surface area contributed by atoms with Gasteiger partial charge in [0.1, 0.15) is 0 Å². The van der Waals surface area contributed by atoms with Gasteiger partial charge in [0, 0.05) is 11.8 Å². The molecule has 0 aromatic heterocycles. The summed E-state index contributed by atoms with van der Waals surface area (Å²) in [5.41, 5.74) is 4.03. The third-order valence-corrected chi connectivity index (χ3v) is 20.2. The lowest BCUT2D eigenvalue weighted by Gasteiger charge is -2.57. The van der Waals surface area contributed by atoms with Crippen LogP contribution in [0.1, 0.15) is 204 Å². The van der Waals surface area contributed by atoms with Crippen LogP contribution in [0.4, 0.5) is 0 Å². The zero-order chi connectivity index (χ0) is 41.1. The first-order chi connectivity index (χ1) is 26.9. The molecular weight excluding hydrogens is 697 g/mol. The number of hydrogen-bond acceptors (Lipinski definition) is 3. The third kappa shape index (κ3) is 7.92. The van der Waals surface area contributed by atoms with Crippen molar-refractivity contribution in [3.63, 3.8) is 0 Å². The zero-order valence-electron chi connectivity index (χ0n) is 38.8. The summed E-state index contributed by atoms with van der Waals surface area (Å²) in [6.07, 6.45) is 30.4. The predicted molar refractivity (Wildman–Crippen MR) is 237 cm³/mol. The highest BCUT2D eigenvalue weighted by molar-refractivity contribution is 5.95. The maximum absolute atomic E-state index is 13.4. The highest BCUT2D eigenvalue weighted by atomic mass is 16.3. The van der Waals surface area contributed by atoms with Gasteiger partial charge < -0.3 is 5.11 Å². The van der Waals surface area contributed by atoms with E-state index in [4.69, 9.17) is 0 Å². The van der Waals surface area contributed by atoms with Crippen LogP contribution in [0.2, 0.25) is 0 Å². The van der Waals surface area contributed by atoms with Crippen molar-refractivity contribution in [3.8, 4) is 0 Å². The molecule has 6 fully saturated rings. The zero-order valence-corrected chi connectivity index (χ0v) is 38.8. The largest absolute Gasteiger partial charge is 0.393 e. The number of fused-ring (bicyclic) bond motifs is 10. The number of aliphatic hydroxyl groups is 1. The molecule has 57 heavy (non-hydrogen) atoms. The number of carbonyl (C=O) groups excluding carboxylic acids is 2. The molecule has 322 valence electrons. The van der Waals surface area contributed by atoms with Crippen LogP contribution in [0.5, 0.6) is 0 Å². The van der Waals surface area contributed by atoms with Crippen molar-refractivity contribution in [1.82, 2.24) is 0 Å². The van der Waals surface area contributed by atoms with Crippen molar-refractivity contribution in [2.45, 2.75) is 210 Å². The highest BCUT2D eigenvalue weighted by Gasteiger charge is 2.62. The van der Waals surface area contributed by atoms with Gasteiger partial charge in [0.15, 0.2) is 11.6 Å². The minimum atomic E-state index is -0.241. The molecule has 8 aliphatic carbocycles. The average molecular weight is 785 g/mol. The summed E-state index contributed by atoms with van der Waals surface area (Å²) in [6, 6.07) is 0. The molecule has 0 aromatic rings. The number of ketones is 2. The summed E-state index contributed by atoms with van der Waals surface area (Å²) in [7, 11) is 0. The Morgan fingerprint density at radius 2 is 1.04 bits per heavy atom. The molecule has 6 saturated carbocycles. The van der Waals surface area contributed by atoms with Crippen molar-refractivity contribution in [1.29, 1.82) is 0 Å². The first-order valence-electron chi connectivity index (χ1n) is 25.1. The van der Waals surface area contributed by atoms with E-state index in [1.165, 1.54) is 127 Å². The Morgan fingerprint density at radius 1 is 0.561 bits per heavy atom. The van der Waals surface area contributed by atoms with Crippen molar-refractivity contribution in [2.24, 2.45) is 92.7 Å². The molecule has 0 saturated heterocycles. The van der Waals surface area contributed by atoms with E-state index in [9.17, 15) is 14.7 Å². The van der Waals surface area contributed by atoms with Crippen molar-refractivity contribution >= 4 is 11.6 Å². The second-order valence-electron chi connectivity index (χ2n) is 24.1. The van der Waals surface area contributed by atoms with E-state index >= 15 is 0 Å². The lowest BCUT2D eigenvalue weighted by atomic mass is 9.46. The fourth-order valence-corrected chi connectivity index (χ4v) is 16.9. The molecule has 15 atom stereocenters. The Bertz CT molecular complexity index is 1520. The highest BCUT2D eigenvalue weighted by Crippen LogP contribution is 2.68. The second kappa shape index (κ2) is 16.9. The summed E-state index contributed by atoms with van der Waals surface area (Å²) < 4.78 is 0. The third-order valence-electron chi connectivity index (χ3n) is 20.2. The SMILES string of the molecule is CC(C)CCC[C@@H](C)[C@H]1CC[C@H]2[C@@H]3C(=O)C=C4CCCC[C@]4(C)[C@H]3CC[C@]12C.CC(C)CCC[C@@H](C)[C@H]1CC[C@H]2[C@@H]3C(=O)C=C4C[C@@H](O)CC[C@]4(C)[C@H]3CC[C@]12C. The molecule has 0 spiro atoms. The summed E-state index contributed by atoms with van der Waals surface area (Å²) in [6.45, 7) is 24.4. The summed E-state index contributed by atoms with van der Waals surface area (Å²) in [5, 5.41) is 10.2. The van der Waals surface area contributed by atoms with Crippen LogP contribution in [0.15, 0.2) is 23.3 Å². The van der Waals surface area contributed by atoms with Crippen LogP contribution >= 0.6 is 0 Å². The fourth-order valence-electron chi connectivity index (χ4n) is 16.9. The Kier molecular flexibility index (Phi) is 13.0. The topological polar surface area (TPSA) is 54.4 Å². The monoisotopic (exact) mass is 785 g/mol. The maximum Gasteiger partial charge on any atom is 0.159 e. The van der Waals surface area contributed by atoms with Gasteiger partial charge in [-0.05, 0) is 183 Å². The van der Waals surface area contributed by atoms with Gasteiger partial charge in [0.05, 0.1) is 6.10 Å². The number of hydrogen-bond donors (Lipinski definition) is 1. The molecular formula is C54H88O3. The molecule has 0 amide bonds. The maximum atomic E-state index is 13.4. The van der Waals surface area contributed by atoms with Gasteiger partial charge in [-0.2, -0.15) is 0 Å². The normalized spacial score (nSPS) is 44.7. The van der Waals surface area contributed by atoms with Gasteiger partial charge in [-0.1, -0.05) is 125 Å². The lowest BCUT2D eigenvalue weighted by molar-refractivity contribution is -0.135. The van der Waals surface area contributed by atoms with Crippen LogP contribution in [-0.4, -0.2) is 22.8 Å². The van der Waals surface area contributed by atoms with Crippen molar-refractivity contribution < 1.29 is 14.7 Å². The molecule has 3 heteroatoms. The van der Waals surface area contributed by atoms with Crippen LogP contribution in [0.25, 0.3) is 0 Å². The molecule has 0 aliphatic heterocycles. The average Bonchev–Trinajstić information content (AvgIpc) is 3.69. The molecule has 3 nitrogen and oxygen atoms in total. The number of carbonyl (C=O) groups is 2. The molecule has 8 rings (SSSR count). The van der Waals surface area contributed by atoms with E-state index in [1.807, 2.05) is 6.08 Å². The van der Waals surface area contributed by atoms with Crippen LogP contribution in [0, 0.1) is 92.7 Å². The predicted octanol–water partition coefficient (Wildman–Crippen LogP) is 14.2. The Labute approximate surface area is 351 Å². The van der Waals surface area contributed by atoms with E-state index in [2.05, 4.69) is 75.3 Å². The first kappa shape index (κ1) is 43.9. The van der Waals surface area contributed by atoms with Crippen LogP contribution in [-0.2, 0) is 9.59 Å². The van der Waals surface area contributed by atoms with Gasteiger partial charge >= 0.3 is 0 Å². The van der Waals surface area contributed by atoms with Gasteiger partial charge in [-0.3, -0.25) is 9.59 Å². The summed E-state index contributed by atoms with van der Waals surface area (Å²) >= 11 is 0. The van der Waals surface area contributed by atoms with Crippen molar-refractivity contribution in [2.75, 3.05) is 0 Å². The molecule has 0 aromatic carbocycles. The Hall–Kier alpha value is -1.22. The lowest BCUT2D eigenvalue weighted by Crippen LogP contribution is -2.53. The van der Waals surface area contributed by atoms with Crippen molar-refractivity contribution in [3.05, 3.63) is 23.3 Å². The van der Waals surface area contributed by atoms with E-state index < -0.39 is 0 Å². The Balaban J connectivity index is 0.000000174. The number of aliphatic hydroxyl groups excluding tert-OH is 1. The van der Waals surface area contributed by atoms with Gasteiger partial charge in [-0.15, -0.1) is 0 Å². The second-order valence-corrected chi connectivity index (χ2v) is 24.1.